The first-order valence-electron chi connectivity index (χ1n) is 3.57. The Kier molecular flexibility index (Phi) is 2.67. The Morgan fingerprint density at radius 2 is 2.45 bits per heavy atom. The van der Waals surface area contributed by atoms with E-state index < -0.39 is 6.09 Å². The summed E-state index contributed by atoms with van der Waals surface area (Å²) in [6.07, 6.45) is 0.653. The average molecular weight is 160 g/mol. The molecule has 64 valence electrons. The van der Waals surface area contributed by atoms with E-state index in [0.717, 1.165) is 12.8 Å². The van der Waals surface area contributed by atoms with Crippen molar-refractivity contribution in [2.45, 2.75) is 18.9 Å². The molecule has 5 nitrogen and oxygen atoms in total. The van der Waals surface area contributed by atoms with Crippen molar-refractivity contribution in [3.05, 3.63) is 0 Å². The minimum Gasteiger partial charge on any atom is -0.465 e. The van der Waals surface area contributed by atoms with Crippen molar-refractivity contribution in [1.29, 1.82) is 0 Å². The van der Waals surface area contributed by atoms with Crippen LogP contribution in [0, 0.1) is 0 Å². The Labute approximate surface area is 64.7 Å². The highest BCUT2D eigenvalue weighted by atomic mass is 16.6. The van der Waals surface area contributed by atoms with Crippen molar-refractivity contribution in [2.24, 2.45) is 5.90 Å². The number of carboxylic acid groups (broad SMARTS) is 1. The van der Waals surface area contributed by atoms with Gasteiger partial charge in [-0.05, 0) is 12.8 Å². The zero-order valence-electron chi connectivity index (χ0n) is 6.19. The van der Waals surface area contributed by atoms with Crippen LogP contribution in [0.25, 0.3) is 0 Å². The van der Waals surface area contributed by atoms with Gasteiger partial charge in [0.15, 0.2) is 0 Å². The van der Waals surface area contributed by atoms with Gasteiger partial charge in [0.1, 0.15) is 0 Å². The van der Waals surface area contributed by atoms with E-state index in [-0.39, 0.29) is 6.10 Å². The van der Waals surface area contributed by atoms with Gasteiger partial charge in [0.25, 0.3) is 0 Å². The van der Waals surface area contributed by atoms with Crippen LogP contribution in [-0.4, -0.2) is 35.3 Å². The van der Waals surface area contributed by atoms with Gasteiger partial charge >= 0.3 is 6.09 Å². The number of nitrogens with two attached hydrogens (primary N) is 1. The second kappa shape index (κ2) is 3.54. The van der Waals surface area contributed by atoms with E-state index in [1.165, 1.54) is 4.90 Å². The molecule has 1 heterocycles. The standard InChI is InChI=1S/C6H12N2O3/c7-11-5-2-1-3-8(4-5)6(9)10/h5H,1-4,7H2,(H,9,10)/t5-/m1/s1. The summed E-state index contributed by atoms with van der Waals surface area (Å²) in [5.74, 6) is 4.95. The zero-order valence-corrected chi connectivity index (χ0v) is 6.19. The van der Waals surface area contributed by atoms with Gasteiger partial charge in [0.2, 0.25) is 0 Å². The summed E-state index contributed by atoms with van der Waals surface area (Å²) < 4.78 is 0. The van der Waals surface area contributed by atoms with Crippen molar-refractivity contribution in [2.75, 3.05) is 13.1 Å². The van der Waals surface area contributed by atoms with Crippen molar-refractivity contribution >= 4 is 6.09 Å². The fraction of sp³-hybridized carbons (Fsp3) is 0.833. The molecule has 0 aromatic rings. The van der Waals surface area contributed by atoms with E-state index in [4.69, 9.17) is 11.0 Å². The van der Waals surface area contributed by atoms with Crippen LogP contribution < -0.4 is 5.90 Å². The molecule has 3 N–H and O–H groups in total. The normalized spacial score (nSPS) is 25.2. The molecule has 0 saturated carbocycles. The molecule has 1 rings (SSSR count). The fourth-order valence-corrected chi connectivity index (χ4v) is 1.22. The lowest BCUT2D eigenvalue weighted by Gasteiger charge is -2.28. The van der Waals surface area contributed by atoms with E-state index in [9.17, 15) is 4.79 Å². The van der Waals surface area contributed by atoms with Gasteiger partial charge in [-0.15, -0.1) is 0 Å². The molecule has 5 heteroatoms. The largest absolute Gasteiger partial charge is 0.465 e. The average Bonchev–Trinajstić information content (AvgIpc) is 2.05. The molecule has 1 fully saturated rings. The number of likely N-dealkylation sites (tertiary alicyclic amines) is 1. The van der Waals surface area contributed by atoms with E-state index >= 15 is 0 Å². The van der Waals surface area contributed by atoms with Crippen LogP contribution in [0.1, 0.15) is 12.8 Å². The molecule has 0 unspecified atom stereocenters. The van der Waals surface area contributed by atoms with Crippen LogP contribution in [-0.2, 0) is 4.84 Å². The molecule has 11 heavy (non-hydrogen) atoms. The fourth-order valence-electron chi connectivity index (χ4n) is 1.22. The van der Waals surface area contributed by atoms with Gasteiger partial charge in [0.05, 0.1) is 12.6 Å². The first-order valence-corrected chi connectivity index (χ1v) is 3.57. The van der Waals surface area contributed by atoms with Crippen molar-refractivity contribution in [3.63, 3.8) is 0 Å². The third-order valence-corrected chi connectivity index (χ3v) is 1.84. The number of nitrogens with zero attached hydrogens (tertiary/aromatic N) is 1. The molecular weight excluding hydrogens is 148 g/mol. The van der Waals surface area contributed by atoms with E-state index in [1.54, 1.807) is 0 Å². The van der Waals surface area contributed by atoms with Crippen molar-refractivity contribution < 1.29 is 14.7 Å². The van der Waals surface area contributed by atoms with E-state index in [2.05, 4.69) is 4.84 Å². The maximum atomic E-state index is 10.4. The SMILES string of the molecule is NO[C@@H]1CCCN(C(=O)O)C1. The van der Waals surface area contributed by atoms with Crippen LogP contribution in [0.2, 0.25) is 0 Å². The maximum Gasteiger partial charge on any atom is 0.407 e. The number of amides is 1. The molecule has 0 aromatic carbocycles. The quantitative estimate of drug-likeness (QED) is 0.530. The molecule has 0 radical (unpaired) electrons. The van der Waals surface area contributed by atoms with Gasteiger partial charge in [-0.1, -0.05) is 0 Å². The summed E-state index contributed by atoms with van der Waals surface area (Å²) in [7, 11) is 0. The molecule has 0 bridgehead atoms. The molecular formula is C6H12N2O3. The summed E-state index contributed by atoms with van der Waals surface area (Å²) in [4.78, 5) is 16.3. The smallest absolute Gasteiger partial charge is 0.407 e. The Balaban J connectivity index is 2.39. The number of hydrogen-bond donors (Lipinski definition) is 2. The van der Waals surface area contributed by atoms with E-state index in [1.807, 2.05) is 0 Å². The van der Waals surface area contributed by atoms with Crippen LogP contribution in [0.15, 0.2) is 0 Å². The van der Waals surface area contributed by atoms with Gasteiger partial charge in [-0.25, -0.2) is 10.7 Å². The first-order chi connectivity index (χ1) is 5.24. The third kappa shape index (κ3) is 2.06. The number of carbonyl (C=O) groups is 1. The van der Waals surface area contributed by atoms with Gasteiger partial charge in [-0.2, -0.15) is 0 Å². The van der Waals surface area contributed by atoms with Crippen LogP contribution in [0.5, 0.6) is 0 Å². The molecule has 1 aliphatic rings. The molecule has 1 saturated heterocycles. The topological polar surface area (TPSA) is 75.8 Å². The van der Waals surface area contributed by atoms with Gasteiger partial charge in [-0.3, -0.25) is 4.84 Å². The second-order valence-electron chi connectivity index (χ2n) is 2.63. The van der Waals surface area contributed by atoms with Crippen LogP contribution >= 0.6 is 0 Å². The Bertz CT molecular complexity index is 151. The minimum absolute atomic E-state index is 0.125. The van der Waals surface area contributed by atoms with Crippen LogP contribution in [0.4, 0.5) is 4.79 Å². The minimum atomic E-state index is -0.897. The van der Waals surface area contributed by atoms with Gasteiger partial charge in [0, 0.05) is 6.54 Å². The lowest BCUT2D eigenvalue weighted by Crippen LogP contribution is -2.43. The summed E-state index contributed by atoms with van der Waals surface area (Å²) in [5.41, 5.74) is 0. The Morgan fingerprint density at radius 3 is 3.00 bits per heavy atom. The molecule has 0 aliphatic carbocycles. The third-order valence-electron chi connectivity index (χ3n) is 1.84. The Hall–Kier alpha value is -0.810. The first kappa shape index (κ1) is 8.29. The second-order valence-corrected chi connectivity index (χ2v) is 2.63. The summed E-state index contributed by atoms with van der Waals surface area (Å²) in [5, 5.41) is 8.58. The monoisotopic (exact) mass is 160 g/mol. The highest BCUT2D eigenvalue weighted by Gasteiger charge is 2.22. The molecule has 0 spiro atoms. The van der Waals surface area contributed by atoms with Crippen LogP contribution in [0.3, 0.4) is 0 Å². The number of piperidine rings is 1. The summed E-state index contributed by atoms with van der Waals surface area (Å²) >= 11 is 0. The number of hydrogen-bond acceptors (Lipinski definition) is 3. The maximum absolute atomic E-state index is 10.4. The van der Waals surface area contributed by atoms with E-state index in [0.29, 0.717) is 13.1 Å². The van der Waals surface area contributed by atoms with Crippen molar-refractivity contribution in [1.82, 2.24) is 4.90 Å². The molecule has 1 aliphatic heterocycles. The lowest BCUT2D eigenvalue weighted by molar-refractivity contribution is 0.00227. The lowest BCUT2D eigenvalue weighted by atomic mass is 10.1. The molecule has 0 aromatic heterocycles. The summed E-state index contributed by atoms with van der Waals surface area (Å²) in [6.45, 7) is 0.987. The highest BCUT2D eigenvalue weighted by molar-refractivity contribution is 5.65. The van der Waals surface area contributed by atoms with Crippen molar-refractivity contribution in [3.8, 4) is 0 Å². The predicted octanol–water partition coefficient (Wildman–Crippen LogP) is 0.0191. The Morgan fingerprint density at radius 1 is 1.73 bits per heavy atom. The highest BCUT2D eigenvalue weighted by Crippen LogP contribution is 2.11. The number of rotatable bonds is 1. The summed E-state index contributed by atoms with van der Waals surface area (Å²) in [6, 6.07) is 0. The zero-order chi connectivity index (χ0) is 8.27. The van der Waals surface area contributed by atoms with Gasteiger partial charge < -0.3 is 10.0 Å². The molecule has 1 atom stereocenters. The predicted molar refractivity (Wildman–Crippen MR) is 37.9 cm³/mol. The molecule has 1 amide bonds.